The van der Waals surface area contributed by atoms with Gasteiger partial charge in [0.25, 0.3) is 0 Å². The van der Waals surface area contributed by atoms with Crippen molar-refractivity contribution in [3.63, 3.8) is 0 Å². The van der Waals surface area contributed by atoms with E-state index >= 15 is 0 Å². The van der Waals surface area contributed by atoms with Crippen molar-refractivity contribution in [1.29, 1.82) is 0 Å². The topological polar surface area (TPSA) is 3.24 Å². The van der Waals surface area contributed by atoms with Crippen molar-refractivity contribution in [2.45, 2.75) is 38.5 Å². The fraction of sp³-hybridized carbons (Fsp3) is 0.130. The Kier molecular flexibility index (Phi) is 5.63. The van der Waals surface area contributed by atoms with Crippen LogP contribution in [0.25, 0.3) is 53.2 Å². The molecule has 0 N–H and O–H groups in total. The number of hydrogen-bond donors (Lipinski definition) is 0. The number of anilines is 3. The van der Waals surface area contributed by atoms with E-state index < -0.39 is 0 Å². The Morgan fingerprint density at radius 1 is 0.458 bits per heavy atom. The second-order valence-electron chi connectivity index (χ2n) is 14.5. The Hall–Kier alpha value is -5.18. The number of nitrogens with zero attached hydrogens (tertiary/aromatic N) is 1. The third kappa shape index (κ3) is 3.67. The van der Waals surface area contributed by atoms with Crippen molar-refractivity contribution in [3.8, 4) is 22.3 Å². The van der Waals surface area contributed by atoms with Crippen molar-refractivity contribution in [2.24, 2.45) is 0 Å². The molecule has 10 rings (SSSR count). The maximum Gasteiger partial charge on any atom is 0.0543 e. The van der Waals surface area contributed by atoms with Crippen molar-refractivity contribution in [3.05, 3.63) is 162 Å². The summed E-state index contributed by atoms with van der Waals surface area (Å²) in [5, 5.41) is 5.25. The summed E-state index contributed by atoms with van der Waals surface area (Å²) in [5.74, 6) is 0. The standard InChI is InChI=1S/C46H35NS/c1-45(2)37-16-9-6-13-33(37)44-38(45)17-11-18-40(44)47(30-23-24-32-31-12-5-8-15-36(31)46(3,4)39(32)27-30)29-22-20-28-21-25-42-43(35(28)26-29)34-14-7-10-19-41(34)48-42/h5-27H,1-4H3. The summed E-state index contributed by atoms with van der Waals surface area (Å²) in [6.45, 7) is 9.49. The quantitative estimate of drug-likeness (QED) is 0.187. The predicted octanol–water partition coefficient (Wildman–Crippen LogP) is 13.3. The van der Waals surface area contributed by atoms with Crippen LogP contribution in [0.5, 0.6) is 0 Å². The molecule has 0 radical (unpaired) electrons. The van der Waals surface area contributed by atoms with Gasteiger partial charge in [-0.15, -0.1) is 11.3 Å². The number of rotatable bonds is 3. The molecule has 0 fully saturated rings. The number of hydrogen-bond acceptors (Lipinski definition) is 2. The maximum absolute atomic E-state index is 2.53. The Balaban J connectivity index is 1.27. The molecular weight excluding hydrogens is 599 g/mol. The predicted molar refractivity (Wildman–Crippen MR) is 207 cm³/mol. The first-order valence-electron chi connectivity index (χ1n) is 16.9. The highest BCUT2D eigenvalue weighted by molar-refractivity contribution is 7.26. The van der Waals surface area contributed by atoms with Gasteiger partial charge in [-0.05, 0) is 92.2 Å². The zero-order valence-corrected chi connectivity index (χ0v) is 28.5. The van der Waals surface area contributed by atoms with Crippen LogP contribution in [0.15, 0.2) is 140 Å². The summed E-state index contributed by atoms with van der Waals surface area (Å²) in [7, 11) is 0. The van der Waals surface area contributed by atoms with Gasteiger partial charge in [-0.3, -0.25) is 0 Å². The van der Waals surface area contributed by atoms with E-state index in [-0.39, 0.29) is 10.8 Å². The highest BCUT2D eigenvalue weighted by Gasteiger charge is 2.39. The average Bonchev–Trinajstić information content (AvgIpc) is 3.69. The second-order valence-corrected chi connectivity index (χ2v) is 15.6. The molecule has 0 bridgehead atoms. The van der Waals surface area contributed by atoms with E-state index in [1.54, 1.807) is 0 Å². The molecule has 0 aliphatic heterocycles. The fourth-order valence-corrected chi connectivity index (χ4v) is 9.97. The first kappa shape index (κ1) is 27.9. The molecule has 0 amide bonds. The molecule has 48 heavy (non-hydrogen) atoms. The largest absolute Gasteiger partial charge is 0.310 e. The summed E-state index contributed by atoms with van der Waals surface area (Å²) in [5.41, 5.74) is 14.3. The minimum atomic E-state index is -0.0913. The molecule has 0 saturated heterocycles. The van der Waals surface area contributed by atoms with Gasteiger partial charge in [-0.25, -0.2) is 0 Å². The molecule has 8 aromatic rings. The lowest BCUT2D eigenvalue weighted by molar-refractivity contribution is 0.660. The SMILES string of the molecule is CC1(C)c2ccccc2-c2ccc(N(c3ccc4ccc5sc6ccccc6c5c4c3)c3cccc4c3-c3ccccc3C4(C)C)cc21. The average molecular weight is 634 g/mol. The van der Waals surface area contributed by atoms with Gasteiger partial charge >= 0.3 is 0 Å². The summed E-state index contributed by atoms with van der Waals surface area (Å²) < 4.78 is 2.67. The van der Waals surface area contributed by atoms with E-state index in [9.17, 15) is 0 Å². The Labute approximate surface area is 285 Å². The maximum atomic E-state index is 2.53. The lowest BCUT2D eigenvalue weighted by Gasteiger charge is -2.30. The molecule has 2 aliphatic rings. The third-order valence-electron chi connectivity index (χ3n) is 11.3. The van der Waals surface area contributed by atoms with Gasteiger partial charge in [0.15, 0.2) is 0 Å². The van der Waals surface area contributed by atoms with E-state index in [4.69, 9.17) is 0 Å². The fourth-order valence-electron chi connectivity index (χ4n) is 8.85. The van der Waals surface area contributed by atoms with E-state index in [1.165, 1.54) is 92.5 Å². The van der Waals surface area contributed by atoms with Crippen molar-refractivity contribution in [1.82, 2.24) is 0 Å². The summed E-state index contributed by atoms with van der Waals surface area (Å²) in [4.78, 5) is 2.53. The van der Waals surface area contributed by atoms with Crippen molar-refractivity contribution >= 4 is 59.3 Å². The van der Waals surface area contributed by atoms with Crippen LogP contribution in [0, 0.1) is 0 Å². The van der Waals surface area contributed by atoms with Gasteiger partial charge in [-0.1, -0.05) is 125 Å². The highest BCUT2D eigenvalue weighted by atomic mass is 32.1. The molecule has 0 atom stereocenters. The van der Waals surface area contributed by atoms with Crippen LogP contribution >= 0.6 is 11.3 Å². The zero-order chi connectivity index (χ0) is 32.4. The third-order valence-corrected chi connectivity index (χ3v) is 12.4. The molecule has 1 nitrogen and oxygen atoms in total. The number of fused-ring (bicyclic) bond motifs is 11. The molecule has 7 aromatic carbocycles. The van der Waals surface area contributed by atoms with Crippen LogP contribution in [0.3, 0.4) is 0 Å². The second kappa shape index (κ2) is 9.69. The van der Waals surface area contributed by atoms with Crippen LogP contribution in [0.4, 0.5) is 17.1 Å². The van der Waals surface area contributed by atoms with Crippen molar-refractivity contribution in [2.75, 3.05) is 4.90 Å². The van der Waals surface area contributed by atoms with Crippen LogP contribution in [0.2, 0.25) is 0 Å². The molecule has 0 spiro atoms. The lowest BCUT2D eigenvalue weighted by atomic mass is 9.82. The van der Waals surface area contributed by atoms with Crippen LogP contribution in [-0.2, 0) is 10.8 Å². The highest BCUT2D eigenvalue weighted by Crippen LogP contribution is 2.56. The van der Waals surface area contributed by atoms with Crippen LogP contribution in [0.1, 0.15) is 49.9 Å². The minimum absolute atomic E-state index is 0.0830. The molecule has 1 aromatic heterocycles. The van der Waals surface area contributed by atoms with Crippen LogP contribution in [-0.4, -0.2) is 0 Å². The first-order chi connectivity index (χ1) is 23.3. The van der Waals surface area contributed by atoms with E-state index in [2.05, 4.69) is 172 Å². The van der Waals surface area contributed by atoms with E-state index in [0.717, 1.165) is 0 Å². The minimum Gasteiger partial charge on any atom is -0.310 e. The molecular formula is C46H35NS. The monoisotopic (exact) mass is 633 g/mol. The zero-order valence-electron chi connectivity index (χ0n) is 27.6. The molecule has 2 heteroatoms. The summed E-state index contributed by atoms with van der Waals surface area (Å²) >= 11 is 1.89. The molecule has 2 aliphatic carbocycles. The van der Waals surface area contributed by atoms with Gasteiger partial charge in [0.05, 0.1) is 5.69 Å². The molecule has 0 saturated carbocycles. The molecule has 230 valence electrons. The van der Waals surface area contributed by atoms with E-state index in [0.29, 0.717) is 0 Å². The van der Waals surface area contributed by atoms with Gasteiger partial charge < -0.3 is 4.90 Å². The van der Waals surface area contributed by atoms with Gasteiger partial charge in [0.1, 0.15) is 0 Å². The Bertz CT molecular complexity index is 2630. The number of thiophene rings is 1. The van der Waals surface area contributed by atoms with E-state index in [1.807, 2.05) is 11.3 Å². The first-order valence-corrected chi connectivity index (χ1v) is 17.8. The smallest absolute Gasteiger partial charge is 0.0543 e. The van der Waals surface area contributed by atoms with Crippen molar-refractivity contribution < 1.29 is 0 Å². The molecule has 1 heterocycles. The Morgan fingerprint density at radius 3 is 1.94 bits per heavy atom. The Morgan fingerprint density at radius 2 is 1.08 bits per heavy atom. The summed E-state index contributed by atoms with van der Waals surface area (Å²) in [6, 6.07) is 52.5. The van der Waals surface area contributed by atoms with Gasteiger partial charge in [0.2, 0.25) is 0 Å². The van der Waals surface area contributed by atoms with Crippen LogP contribution < -0.4 is 4.90 Å². The summed E-state index contributed by atoms with van der Waals surface area (Å²) in [6.07, 6.45) is 0. The molecule has 0 unspecified atom stereocenters. The lowest BCUT2D eigenvalue weighted by Crippen LogP contribution is -2.17. The normalized spacial score (nSPS) is 15.0. The number of benzene rings is 7. The van der Waals surface area contributed by atoms with Gasteiger partial charge in [-0.2, -0.15) is 0 Å². The van der Waals surface area contributed by atoms with Gasteiger partial charge in [0, 0.05) is 47.9 Å².